The lowest BCUT2D eigenvalue weighted by Crippen LogP contribution is -2.04. The average Bonchev–Trinajstić information content (AvgIpc) is 2.98. The SMILES string of the molecule is FC(F)(F)Sc1cc2cc(-c3ccccc3)ccc2n1-c1ccccn1. The summed E-state index contributed by atoms with van der Waals surface area (Å²) in [5.74, 6) is 0.460. The number of hydrogen-bond donors (Lipinski definition) is 0. The second-order valence-electron chi connectivity index (χ2n) is 5.69. The van der Waals surface area contributed by atoms with Gasteiger partial charge in [0.25, 0.3) is 0 Å². The van der Waals surface area contributed by atoms with Crippen LogP contribution >= 0.6 is 11.8 Å². The molecule has 0 aliphatic heterocycles. The molecule has 2 aromatic heterocycles. The molecule has 130 valence electrons. The highest BCUT2D eigenvalue weighted by atomic mass is 32.2. The normalized spacial score (nSPS) is 11.8. The minimum atomic E-state index is -4.37. The van der Waals surface area contributed by atoms with E-state index >= 15 is 0 Å². The maximum Gasteiger partial charge on any atom is 0.447 e. The van der Waals surface area contributed by atoms with Crippen LogP contribution in [0.3, 0.4) is 0 Å². The Morgan fingerprint density at radius 3 is 2.27 bits per heavy atom. The number of rotatable bonds is 3. The van der Waals surface area contributed by atoms with Crippen LogP contribution in [0.5, 0.6) is 0 Å². The standard InChI is InChI=1S/C20H13F3N2S/c21-20(22,23)26-19-13-16-12-15(14-6-2-1-3-7-14)9-10-17(16)25(19)18-8-4-5-11-24-18/h1-13H. The minimum absolute atomic E-state index is 0.0939. The van der Waals surface area contributed by atoms with Crippen LogP contribution < -0.4 is 0 Å². The zero-order chi connectivity index (χ0) is 18.1. The van der Waals surface area contributed by atoms with E-state index in [9.17, 15) is 13.2 Å². The van der Waals surface area contributed by atoms with Gasteiger partial charge in [-0.15, -0.1) is 0 Å². The van der Waals surface area contributed by atoms with Gasteiger partial charge in [0.2, 0.25) is 0 Å². The first-order valence-corrected chi connectivity index (χ1v) is 8.71. The highest BCUT2D eigenvalue weighted by Gasteiger charge is 2.32. The molecule has 0 aliphatic rings. The number of nitrogens with zero attached hydrogens (tertiary/aromatic N) is 2. The molecule has 0 radical (unpaired) electrons. The highest BCUT2D eigenvalue weighted by molar-refractivity contribution is 8.00. The van der Waals surface area contributed by atoms with Crippen LogP contribution in [0, 0.1) is 0 Å². The molecule has 2 heterocycles. The van der Waals surface area contributed by atoms with E-state index in [0.29, 0.717) is 11.3 Å². The smallest absolute Gasteiger partial charge is 0.288 e. The number of benzene rings is 2. The van der Waals surface area contributed by atoms with E-state index in [1.807, 2.05) is 48.5 Å². The zero-order valence-electron chi connectivity index (χ0n) is 13.4. The fourth-order valence-corrected chi connectivity index (χ4v) is 3.62. The van der Waals surface area contributed by atoms with Gasteiger partial charge in [0.1, 0.15) is 5.82 Å². The summed E-state index contributed by atoms with van der Waals surface area (Å²) in [5, 5.41) is 0.833. The lowest BCUT2D eigenvalue weighted by Gasteiger charge is -2.11. The number of aromatic nitrogens is 2. The Morgan fingerprint density at radius 2 is 1.58 bits per heavy atom. The summed E-state index contributed by atoms with van der Waals surface area (Å²) in [7, 11) is 0. The van der Waals surface area contributed by atoms with E-state index in [1.165, 1.54) is 0 Å². The molecule has 2 nitrogen and oxygen atoms in total. The number of fused-ring (bicyclic) bond motifs is 1. The van der Waals surface area contributed by atoms with Crippen LogP contribution in [0.4, 0.5) is 13.2 Å². The monoisotopic (exact) mass is 370 g/mol. The van der Waals surface area contributed by atoms with E-state index in [1.54, 1.807) is 35.0 Å². The number of halogens is 3. The summed E-state index contributed by atoms with van der Waals surface area (Å²) in [5.41, 5.74) is -1.71. The maximum atomic E-state index is 13.0. The molecule has 0 spiro atoms. The van der Waals surface area contributed by atoms with E-state index < -0.39 is 5.51 Å². The maximum absolute atomic E-state index is 13.0. The first kappa shape index (κ1) is 16.7. The molecular weight excluding hydrogens is 357 g/mol. The third-order valence-corrected chi connectivity index (χ3v) is 4.71. The Bertz CT molecular complexity index is 1040. The molecule has 0 saturated heterocycles. The molecule has 0 saturated carbocycles. The summed E-state index contributed by atoms with van der Waals surface area (Å²) in [4.78, 5) is 4.22. The van der Waals surface area contributed by atoms with Crippen molar-refractivity contribution in [1.29, 1.82) is 0 Å². The quantitative estimate of drug-likeness (QED) is 0.394. The van der Waals surface area contributed by atoms with Crippen molar-refractivity contribution < 1.29 is 13.2 Å². The lowest BCUT2D eigenvalue weighted by atomic mass is 10.0. The summed E-state index contributed by atoms with van der Waals surface area (Å²) >= 11 is -0.127. The Hall–Kier alpha value is -2.73. The van der Waals surface area contributed by atoms with Crippen molar-refractivity contribution in [2.75, 3.05) is 0 Å². The first-order valence-electron chi connectivity index (χ1n) is 7.89. The van der Waals surface area contributed by atoms with E-state index in [4.69, 9.17) is 0 Å². The van der Waals surface area contributed by atoms with Gasteiger partial charge < -0.3 is 0 Å². The van der Waals surface area contributed by atoms with Gasteiger partial charge in [-0.05, 0) is 41.5 Å². The fourth-order valence-electron chi connectivity index (χ4n) is 2.92. The molecule has 0 amide bonds. The summed E-state index contributed by atoms with van der Waals surface area (Å²) < 4.78 is 40.7. The summed E-state index contributed by atoms with van der Waals surface area (Å²) in [6, 6.07) is 22.2. The Labute approximate surface area is 152 Å². The fraction of sp³-hybridized carbons (Fsp3) is 0.0500. The van der Waals surface area contributed by atoms with Gasteiger partial charge in [-0.1, -0.05) is 42.5 Å². The second kappa shape index (κ2) is 6.53. The third kappa shape index (κ3) is 3.32. The van der Waals surface area contributed by atoms with Crippen LogP contribution in [0.2, 0.25) is 0 Å². The van der Waals surface area contributed by atoms with Gasteiger partial charge in [-0.2, -0.15) is 13.2 Å². The van der Waals surface area contributed by atoms with E-state index in [0.717, 1.165) is 16.5 Å². The topological polar surface area (TPSA) is 17.8 Å². The molecular formula is C20H13F3N2S. The zero-order valence-corrected chi connectivity index (χ0v) is 14.3. The molecule has 0 N–H and O–H groups in total. The molecule has 0 bridgehead atoms. The van der Waals surface area contributed by atoms with Crippen molar-refractivity contribution in [3.63, 3.8) is 0 Å². The molecule has 0 unspecified atom stereocenters. The molecule has 0 atom stereocenters. The van der Waals surface area contributed by atoms with Crippen molar-refractivity contribution in [3.05, 3.63) is 79.0 Å². The predicted octanol–water partition coefficient (Wildman–Crippen LogP) is 6.30. The molecule has 4 rings (SSSR count). The second-order valence-corrected chi connectivity index (χ2v) is 6.78. The van der Waals surface area contributed by atoms with Crippen LogP contribution in [-0.4, -0.2) is 15.1 Å². The molecule has 0 fully saturated rings. The minimum Gasteiger partial charge on any atom is -0.288 e. The van der Waals surface area contributed by atoms with Gasteiger partial charge in [0.05, 0.1) is 10.5 Å². The largest absolute Gasteiger partial charge is 0.447 e. The molecule has 0 aliphatic carbocycles. The van der Waals surface area contributed by atoms with Gasteiger partial charge in [-0.3, -0.25) is 4.57 Å². The summed E-state index contributed by atoms with van der Waals surface area (Å²) in [6.45, 7) is 0. The highest BCUT2D eigenvalue weighted by Crippen LogP contribution is 2.41. The van der Waals surface area contributed by atoms with E-state index in [-0.39, 0.29) is 16.8 Å². The van der Waals surface area contributed by atoms with Crippen molar-refractivity contribution in [3.8, 4) is 16.9 Å². The number of pyridine rings is 1. The van der Waals surface area contributed by atoms with Gasteiger partial charge in [0, 0.05) is 23.3 Å². The average molecular weight is 370 g/mol. The van der Waals surface area contributed by atoms with Crippen LogP contribution in [-0.2, 0) is 0 Å². The Morgan fingerprint density at radius 1 is 0.808 bits per heavy atom. The third-order valence-electron chi connectivity index (χ3n) is 3.97. The van der Waals surface area contributed by atoms with Gasteiger partial charge >= 0.3 is 5.51 Å². The molecule has 2 aromatic carbocycles. The number of alkyl halides is 3. The van der Waals surface area contributed by atoms with Crippen molar-refractivity contribution in [2.24, 2.45) is 0 Å². The van der Waals surface area contributed by atoms with Crippen LogP contribution in [0.1, 0.15) is 0 Å². The van der Waals surface area contributed by atoms with Crippen molar-refractivity contribution in [2.45, 2.75) is 10.5 Å². The summed E-state index contributed by atoms with van der Waals surface area (Å²) in [6.07, 6.45) is 1.57. The lowest BCUT2D eigenvalue weighted by molar-refractivity contribution is -0.0329. The van der Waals surface area contributed by atoms with Crippen molar-refractivity contribution in [1.82, 2.24) is 9.55 Å². The molecule has 26 heavy (non-hydrogen) atoms. The van der Waals surface area contributed by atoms with Crippen molar-refractivity contribution >= 4 is 22.7 Å². The Balaban J connectivity index is 1.91. The molecule has 4 aromatic rings. The van der Waals surface area contributed by atoms with Crippen LogP contribution in [0.15, 0.2) is 84.0 Å². The molecule has 6 heteroatoms. The van der Waals surface area contributed by atoms with Gasteiger partial charge in [0.15, 0.2) is 0 Å². The number of hydrogen-bond acceptors (Lipinski definition) is 2. The predicted molar refractivity (Wildman–Crippen MR) is 98.4 cm³/mol. The van der Waals surface area contributed by atoms with E-state index in [2.05, 4.69) is 4.98 Å². The first-order chi connectivity index (χ1) is 12.5. The van der Waals surface area contributed by atoms with Gasteiger partial charge in [-0.25, -0.2) is 4.98 Å². The Kier molecular flexibility index (Phi) is 4.20. The van der Waals surface area contributed by atoms with Crippen LogP contribution in [0.25, 0.3) is 27.8 Å². The number of thioether (sulfide) groups is 1.